The predicted octanol–water partition coefficient (Wildman–Crippen LogP) is 2.12. The number of carboxylic acid groups (broad SMARTS) is 1. The molecule has 2 N–H and O–H groups in total. The molecule has 21 heavy (non-hydrogen) atoms. The monoisotopic (exact) mass is 289 g/mol. The van der Waals surface area contributed by atoms with Crippen LogP contribution in [0.4, 0.5) is 5.69 Å². The van der Waals surface area contributed by atoms with Gasteiger partial charge in [0.15, 0.2) is 0 Å². The molecule has 5 nitrogen and oxygen atoms in total. The number of anilines is 1. The van der Waals surface area contributed by atoms with Crippen molar-refractivity contribution in [2.24, 2.45) is 11.8 Å². The molecule has 1 amide bonds. The average Bonchev–Trinajstić information content (AvgIpc) is 3.03. The number of carbonyl (C=O) groups excluding carboxylic acids is 1. The van der Waals surface area contributed by atoms with Crippen LogP contribution in [-0.2, 0) is 14.3 Å². The van der Waals surface area contributed by atoms with Gasteiger partial charge in [-0.15, -0.1) is 0 Å². The van der Waals surface area contributed by atoms with E-state index in [2.05, 4.69) is 5.32 Å². The van der Waals surface area contributed by atoms with Crippen LogP contribution in [0.5, 0.6) is 0 Å². The number of hydrogen-bond acceptors (Lipinski definition) is 3. The number of para-hydroxylation sites is 1. The van der Waals surface area contributed by atoms with Crippen LogP contribution in [0.15, 0.2) is 18.2 Å². The van der Waals surface area contributed by atoms with Gasteiger partial charge in [-0.05, 0) is 37.8 Å². The number of nitrogens with one attached hydrogen (secondary N) is 1. The molecule has 2 aliphatic rings. The number of carboxylic acids is 1. The molecule has 2 unspecified atom stereocenters. The van der Waals surface area contributed by atoms with E-state index in [1.807, 2.05) is 32.0 Å². The fraction of sp³-hybridized carbons (Fsp3) is 0.500. The molecule has 112 valence electrons. The molecule has 2 fully saturated rings. The van der Waals surface area contributed by atoms with E-state index < -0.39 is 17.8 Å². The zero-order chi connectivity index (χ0) is 15.1. The van der Waals surface area contributed by atoms with Crippen molar-refractivity contribution in [3.05, 3.63) is 29.3 Å². The number of amides is 1. The molecule has 2 heterocycles. The number of hydrogen-bond donors (Lipinski definition) is 2. The Balaban J connectivity index is 1.83. The third-order valence-corrected chi connectivity index (χ3v) is 4.59. The molecule has 0 aliphatic carbocycles. The Morgan fingerprint density at radius 3 is 2.29 bits per heavy atom. The van der Waals surface area contributed by atoms with Crippen molar-refractivity contribution >= 4 is 17.6 Å². The van der Waals surface area contributed by atoms with Crippen molar-refractivity contribution in [2.75, 3.05) is 5.32 Å². The maximum Gasteiger partial charge on any atom is 0.310 e. The highest BCUT2D eigenvalue weighted by atomic mass is 16.5. The van der Waals surface area contributed by atoms with Gasteiger partial charge in [0, 0.05) is 5.69 Å². The first kappa shape index (κ1) is 14.1. The Morgan fingerprint density at radius 2 is 1.71 bits per heavy atom. The Bertz CT molecular complexity index is 578. The van der Waals surface area contributed by atoms with Gasteiger partial charge >= 0.3 is 5.97 Å². The molecule has 0 aromatic heterocycles. The number of carbonyl (C=O) groups is 2. The van der Waals surface area contributed by atoms with E-state index in [1.54, 1.807) is 0 Å². The molecule has 2 saturated heterocycles. The van der Waals surface area contributed by atoms with E-state index >= 15 is 0 Å². The minimum atomic E-state index is -0.941. The highest BCUT2D eigenvalue weighted by Crippen LogP contribution is 2.44. The van der Waals surface area contributed by atoms with Crippen molar-refractivity contribution in [3.8, 4) is 0 Å². The van der Waals surface area contributed by atoms with Gasteiger partial charge < -0.3 is 15.2 Å². The third kappa shape index (κ3) is 2.31. The van der Waals surface area contributed by atoms with Crippen molar-refractivity contribution < 1.29 is 19.4 Å². The highest BCUT2D eigenvalue weighted by Gasteiger charge is 2.55. The van der Waals surface area contributed by atoms with Crippen LogP contribution in [0.25, 0.3) is 0 Å². The van der Waals surface area contributed by atoms with Crippen LogP contribution in [0.1, 0.15) is 24.0 Å². The van der Waals surface area contributed by atoms with Crippen molar-refractivity contribution in [1.82, 2.24) is 0 Å². The second-order valence-electron chi connectivity index (χ2n) is 5.94. The maximum absolute atomic E-state index is 12.6. The summed E-state index contributed by atoms with van der Waals surface area (Å²) in [7, 11) is 0. The number of aryl methyl sites for hydroxylation is 2. The predicted molar refractivity (Wildman–Crippen MR) is 77.1 cm³/mol. The smallest absolute Gasteiger partial charge is 0.310 e. The third-order valence-electron chi connectivity index (χ3n) is 4.59. The van der Waals surface area contributed by atoms with Gasteiger partial charge in [0.1, 0.15) is 0 Å². The summed E-state index contributed by atoms with van der Waals surface area (Å²) in [6.07, 6.45) is 0.912. The molecule has 5 heteroatoms. The van der Waals surface area contributed by atoms with Crippen LogP contribution in [0.3, 0.4) is 0 Å². The summed E-state index contributed by atoms with van der Waals surface area (Å²) >= 11 is 0. The molecule has 2 bridgehead atoms. The highest BCUT2D eigenvalue weighted by molar-refractivity contribution is 5.97. The minimum absolute atomic E-state index is 0.244. The second kappa shape index (κ2) is 5.15. The van der Waals surface area contributed by atoms with Crippen molar-refractivity contribution in [2.45, 2.75) is 38.9 Å². The van der Waals surface area contributed by atoms with Crippen LogP contribution >= 0.6 is 0 Å². The Kier molecular flexibility index (Phi) is 3.45. The first-order valence-corrected chi connectivity index (χ1v) is 7.24. The maximum atomic E-state index is 12.6. The molecule has 2 aliphatic heterocycles. The molecule has 0 saturated carbocycles. The first-order chi connectivity index (χ1) is 9.99. The molecule has 0 radical (unpaired) electrons. The van der Waals surface area contributed by atoms with E-state index in [0.29, 0.717) is 0 Å². The Hall–Kier alpha value is -1.88. The van der Waals surface area contributed by atoms with Gasteiger partial charge in [-0.3, -0.25) is 9.59 Å². The second-order valence-corrected chi connectivity index (χ2v) is 5.94. The molecular formula is C16H19NO4. The van der Waals surface area contributed by atoms with Gasteiger partial charge in [0.25, 0.3) is 0 Å². The summed E-state index contributed by atoms with van der Waals surface area (Å²) in [6.45, 7) is 3.85. The first-order valence-electron chi connectivity index (χ1n) is 7.24. The van der Waals surface area contributed by atoms with Crippen LogP contribution in [0.2, 0.25) is 0 Å². The van der Waals surface area contributed by atoms with Gasteiger partial charge in [-0.2, -0.15) is 0 Å². The van der Waals surface area contributed by atoms with Gasteiger partial charge in [-0.1, -0.05) is 18.2 Å². The molecule has 3 rings (SSSR count). The summed E-state index contributed by atoms with van der Waals surface area (Å²) in [4.78, 5) is 24.0. The Labute approximate surface area is 123 Å². The lowest BCUT2D eigenvalue weighted by atomic mass is 9.78. The Morgan fingerprint density at radius 1 is 1.14 bits per heavy atom. The largest absolute Gasteiger partial charge is 0.481 e. The minimum Gasteiger partial charge on any atom is -0.481 e. The summed E-state index contributed by atoms with van der Waals surface area (Å²) in [5, 5.41) is 12.3. The lowest BCUT2D eigenvalue weighted by molar-refractivity contribution is -0.147. The lowest BCUT2D eigenvalue weighted by Crippen LogP contribution is -2.41. The van der Waals surface area contributed by atoms with Crippen LogP contribution in [0, 0.1) is 25.7 Å². The number of fused-ring (bicyclic) bond motifs is 2. The SMILES string of the molecule is Cc1cccc(C)c1NC(=O)C1C(C(=O)O)[C@H]2CC[C@@H]1O2. The molecule has 0 spiro atoms. The average molecular weight is 289 g/mol. The summed E-state index contributed by atoms with van der Waals surface area (Å²) < 4.78 is 5.64. The van der Waals surface area contributed by atoms with Gasteiger partial charge in [-0.25, -0.2) is 0 Å². The lowest BCUT2D eigenvalue weighted by Gasteiger charge is -2.24. The van der Waals surface area contributed by atoms with E-state index in [9.17, 15) is 14.7 Å². The summed E-state index contributed by atoms with van der Waals surface area (Å²) in [5.41, 5.74) is 2.72. The number of ether oxygens (including phenoxy) is 1. The standard InChI is InChI=1S/C16H19NO4/c1-8-4-3-5-9(2)14(8)17-15(18)12-10-6-7-11(21-10)13(12)16(19)20/h3-5,10-13H,6-7H2,1-2H3,(H,17,18)(H,19,20)/t10-,11+,12?,13?/m0/s1. The van der Waals surface area contributed by atoms with E-state index in [0.717, 1.165) is 29.7 Å². The topological polar surface area (TPSA) is 75.6 Å². The van der Waals surface area contributed by atoms with E-state index in [-0.39, 0.29) is 18.1 Å². The van der Waals surface area contributed by atoms with E-state index in [1.165, 1.54) is 0 Å². The zero-order valence-electron chi connectivity index (χ0n) is 12.1. The van der Waals surface area contributed by atoms with Crippen LogP contribution < -0.4 is 5.32 Å². The van der Waals surface area contributed by atoms with Crippen molar-refractivity contribution in [1.29, 1.82) is 0 Å². The zero-order valence-corrected chi connectivity index (χ0v) is 12.1. The number of rotatable bonds is 3. The van der Waals surface area contributed by atoms with Gasteiger partial charge in [0.05, 0.1) is 24.0 Å². The molecular weight excluding hydrogens is 270 g/mol. The van der Waals surface area contributed by atoms with Crippen molar-refractivity contribution in [3.63, 3.8) is 0 Å². The van der Waals surface area contributed by atoms with Crippen LogP contribution in [-0.4, -0.2) is 29.2 Å². The number of benzene rings is 1. The molecule has 4 atom stereocenters. The fourth-order valence-electron chi connectivity index (χ4n) is 3.54. The van der Waals surface area contributed by atoms with E-state index in [4.69, 9.17) is 4.74 Å². The van der Waals surface area contributed by atoms with Gasteiger partial charge in [0.2, 0.25) is 5.91 Å². The summed E-state index contributed by atoms with van der Waals surface area (Å²) in [5.74, 6) is -2.51. The number of aliphatic carboxylic acids is 1. The quantitative estimate of drug-likeness (QED) is 0.893. The fourth-order valence-corrected chi connectivity index (χ4v) is 3.54. The molecule has 1 aromatic rings. The summed E-state index contributed by atoms with van der Waals surface area (Å²) in [6, 6.07) is 5.78. The normalized spacial score (nSPS) is 30.4. The molecule has 1 aromatic carbocycles.